The third kappa shape index (κ3) is 2.40. The van der Waals surface area contributed by atoms with Crippen LogP contribution in [0.25, 0.3) is 0 Å². The smallest absolute Gasteiger partial charge is 0.340 e. The summed E-state index contributed by atoms with van der Waals surface area (Å²) in [7, 11) is 0. The average molecular weight is 203 g/mol. The van der Waals surface area contributed by atoms with Gasteiger partial charge in [-0.15, -0.1) is 0 Å². The minimum absolute atomic E-state index is 0.213. The van der Waals surface area contributed by atoms with Gasteiger partial charge in [-0.05, 0) is 12.1 Å². The highest BCUT2D eigenvalue weighted by Gasteiger charge is 2.06. The number of carbonyl (C=O) groups excluding carboxylic acids is 1. The molecule has 15 heavy (non-hydrogen) atoms. The van der Waals surface area contributed by atoms with Crippen LogP contribution in [0, 0.1) is 0 Å². The molecule has 0 aromatic carbocycles. The Morgan fingerprint density at radius 2 is 2.40 bits per heavy atom. The topological polar surface area (TPSA) is 67.9 Å². The lowest BCUT2D eigenvalue weighted by atomic mass is 10.3. The van der Waals surface area contributed by atoms with Crippen LogP contribution in [0.4, 0.5) is 0 Å². The fraction of sp³-hybridized carbons (Fsp3) is 0.100. The largest absolute Gasteiger partial charge is 0.457 e. The van der Waals surface area contributed by atoms with Gasteiger partial charge in [-0.1, -0.05) is 0 Å². The number of pyridine rings is 1. The molecule has 5 heteroatoms. The van der Waals surface area contributed by atoms with Crippen molar-refractivity contribution in [2.24, 2.45) is 0 Å². The number of ether oxygens (including phenoxy) is 1. The van der Waals surface area contributed by atoms with Gasteiger partial charge in [-0.2, -0.15) is 5.10 Å². The fourth-order valence-electron chi connectivity index (χ4n) is 1.07. The van der Waals surface area contributed by atoms with Crippen molar-refractivity contribution in [1.82, 2.24) is 15.2 Å². The van der Waals surface area contributed by atoms with Crippen LogP contribution in [0.1, 0.15) is 15.9 Å². The molecule has 0 spiro atoms. The highest BCUT2D eigenvalue weighted by atomic mass is 16.5. The molecule has 0 aliphatic heterocycles. The predicted octanol–water partition coefficient (Wildman–Crippen LogP) is 1.16. The van der Waals surface area contributed by atoms with Crippen molar-refractivity contribution in [3.63, 3.8) is 0 Å². The SMILES string of the molecule is O=C(OCc1cn[nH]c1)c1cccnc1. The van der Waals surface area contributed by atoms with Crippen LogP contribution < -0.4 is 0 Å². The van der Waals surface area contributed by atoms with Crippen LogP contribution in [-0.4, -0.2) is 21.2 Å². The number of hydrogen-bond donors (Lipinski definition) is 1. The van der Waals surface area contributed by atoms with Gasteiger partial charge >= 0.3 is 5.97 Å². The van der Waals surface area contributed by atoms with E-state index in [1.807, 2.05) is 0 Å². The van der Waals surface area contributed by atoms with Gasteiger partial charge in [0.2, 0.25) is 0 Å². The van der Waals surface area contributed by atoms with Crippen molar-refractivity contribution in [3.05, 3.63) is 48.0 Å². The molecule has 0 saturated heterocycles. The van der Waals surface area contributed by atoms with E-state index in [2.05, 4.69) is 15.2 Å². The fourth-order valence-corrected chi connectivity index (χ4v) is 1.07. The highest BCUT2D eigenvalue weighted by molar-refractivity contribution is 5.88. The molecule has 0 amide bonds. The summed E-state index contributed by atoms with van der Waals surface area (Å²) in [5.41, 5.74) is 1.27. The van der Waals surface area contributed by atoms with E-state index in [9.17, 15) is 4.79 Å². The molecule has 0 aliphatic rings. The summed E-state index contributed by atoms with van der Waals surface area (Å²) in [6.07, 6.45) is 6.36. The third-order valence-corrected chi connectivity index (χ3v) is 1.82. The van der Waals surface area contributed by atoms with Crippen LogP contribution in [0.5, 0.6) is 0 Å². The maximum Gasteiger partial charge on any atom is 0.340 e. The maximum absolute atomic E-state index is 11.4. The average Bonchev–Trinajstić information content (AvgIpc) is 2.80. The van der Waals surface area contributed by atoms with Crippen LogP contribution in [0.2, 0.25) is 0 Å². The zero-order valence-corrected chi connectivity index (χ0v) is 7.88. The van der Waals surface area contributed by atoms with Crippen LogP contribution in [0.3, 0.4) is 0 Å². The van der Waals surface area contributed by atoms with Gasteiger partial charge in [0.25, 0.3) is 0 Å². The lowest BCUT2D eigenvalue weighted by Crippen LogP contribution is -2.04. The van der Waals surface area contributed by atoms with E-state index in [1.54, 1.807) is 30.7 Å². The third-order valence-electron chi connectivity index (χ3n) is 1.82. The van der Waals surface area contributed by atoms with Crippen LogP contribution in [-0.2, 0) is 11.3 Å². The molecule has 0 aliphatic carbocycles. The van der Waals surface area contributed by atoms with Gasteiger partial charge in [0, 0.05) is 24.2 Å². The number of aromatic amines is 1. The van der Waals surface area contributed by atoms with Crippen molar-refractivity contribution in [1.29, 1.82) is 0 Å². The quantitative estimate of drug-likeness (QED) is 0.760. The van der Waals surface area contributed by atoms with Crippen molar-refractivity contribution >= 4 is 5.97 Å². The van der Waals surface area contributed by atoms with Gasteiger partial charge in [0.05, 0.1) is 11.8 Å². The normalized spacial score (nSPS) is 9.87. The molecule has 2 aromatic heterocycles. The van der Waals surface area contributed by atoms with E-state index >= 15 is 0 Å². The minimum atomic E-state index is -0.385. The van der Waals surface area contributed by atoms with E-state index in [0.29, 0.717) is 5.56 Å². The molecule has 2 heterocycles. The number of H-pyrrole nitrogens is 1. The van der Waals surface area contributed by atoms with E-state index < -0.39 is 0 Å². The number of rotatable bonds is 3. The molecule has 0 fully saturated rings. The number of aromatic nitrogens is 3. The molecule has 76 valence electrons. The van der Waals surface area contributed by atoms with Gasteiger partial charge < -0.3 is 4.74 Å². The van der Waals surface area contributed by atoms with Gasteiger partial charge in [-0.25, -0.2) is 4.79 Å². The first-order valence-electron chi connectivity index (χ1n) is 4.41. The molecular formula is C10H9N3O2. The first kappa shape index (κ1) is 9.39. The molecular weight excluding hydrogens is 194 g/mol. The Hall–Kier alpha value is -2.17. The number of hydrogen-bond acceptors (Lipinski definition) is 4. The predicted molar refractivity (Wildman–Crippen MR) is 51.9 cm³/mol. The molecule has 0 radical (unpaired) electrons. The summed E-state index contributed by atoms with van der Waals surface area (Å²) < 4.78 is 5.03. The Morgan fingerprint density at radius 3 is 3.07 bits per heavy atom. The molecule has 0 atom stereocenters. The molecule has 2 rings (SSSR count). The summed E-state index contributed by atoms with van der Waals surface area (Å²) in [5.74, 6) is -0.385. The molecule has 0 unspecified atom stereocenters. The van der Waals surface area contributed by atoms with E-state index in [0.717, 1.165) is 5.56 Å². The molecule has 0 saturated carbocycles. The Balaban J connectivity index is 1.94. The van der Waals surface area contributed by atoms with Gasteiger partial charge in [0.15, 0.2) is 0 Å². The summed E-state index contributed by atoms with van der Waals surface area (Å²) in [4.78, 5) is 15.3. The van der Waals surface area contributed by atoms with E-state index in [4.69, 9.17) is 4.74 Å². The Kier molecular flexibility index (Phi) is 2.73. The van der Waals surface area contributed by atoms with Crippen molar-refractivity contribution in [3.8, 4) is 0 Å². The van der Waals surface area contributed by atoms with Crippen LogP contribution in [0.15, 0.2) is 36.9 Å². The number of carbonyl (C=O) groups is 1. The maximum atomic E-state index is 11.4. The highest BCUT2D eigenvalue weighted by Crippen LogP contribution is 2.02. The standard InChI is InChI=1S/C10H9N3O2/c14-10(9-2-1-3-11-6-9)15-7-8-4-12-13-5-8/h1-6H,7H2,(H,12,13). The first-order chi connectivity index (χ1) is 7.36. The summed E-state index contributed by atoms with van der Waals surface area (Å²) in [6.45, 7) is 0.213. The molecule has 5 nitrogen and oxygen atoms in total. The molecule has 2 aromatic rings. The second kappa shape index (κ2) is 4.36. The lowest BCUT2D eigenvalue weighted by Gasteiger charge is -2.01. The molecule has 1 N–H and O–H groups in total. The Labute approximate surface area is 86.1 Å². The van der Waals surface area contributed by atoms with Gasteiger partial charge in [-0.3, -0.25) is 10.1 Å². The van der Waals surface area contributed by atoms with Crippen molar-refractivity contribution in [2.45, 2.75) is 6.61 Å². The number of nitrogens with one attached hydrogen (secondary N) is 1. The lowest BCUT2D eigenvalue weighted by molar-refractivity contribution is 0.0472. The van der Waals surface area contributed by atoms with Crippen molar-refractivity contribution < 1.29 is 9.53 Å². The van der Waals surface area contributed by atoms with Gasteiger partial charge in [0.1, 0.15) is 6.61 Å². The first-order valence-corrected chi connectivity index (χ1v) is 4.41. The Morgan fingerprint density at radius 1 is 1.47 bits per heavy atom. The number of esters is 1. The van der Waals surface area contributed by atoms with Crippen molar-refractivity contribution in [2.75, 3.05) is 0 Å². The summed E-state index contributed by atoms with van der Waals surface area (Å²) in [6, 6.07) is 3.35. The van der Waals surface area contributed by atoms with E-state index in [1.165, 1.54) is 6.20 Å². The zero-order valence-electron chi connectivity index (χ0n) is 7.88. The molecule has 0 bridgehead atoms. The second-order valence-electron chi connectivity index (χ2n) is 2.92. The minimum Gasteiger partial charge on any atom is -0.457 e. The van der Waals surface area contributed by atoms with Crippen LogP contribution >= 0.6 is 0 Å². The summed E-state index contributed by atoms with van der Waals surface area (Å²) in [5, 5.41) is 6.38. The summed E-state index contributed by atoms with van der Waals surface area (Å²) >= 11 is 0. The monoisotopic (exact) mass is 203 g/mol. The van der Waals surface area contributed by atoms with E-state index in [-0.39, 0.29) is 12.6 Å². The zero-order chi connectivity index (χ0) is 10.5. The number of nitrogens with zero attached hydrogens (tertiary/aromatic N) is 2. The Bertz CT molecular complexity index is 425. The second-order valence-corrected chi connectivity index (χ2v) is 2.92.